The molecule has 0 unspecified atom stereocenters. The summed E-state index contributed by atoms with van der Waals surface area (Å²) in [5, 5.41) is 4.88. The fourth-order valence-electron chi connectivity index (χ4n) is 1.76. The minimum absolute atomic E-state index is 0.0309. The Kier molecular flexibility index (Phi) is 5.38. The van der Waals surface area contributed by atoms with Gasteiger partial charge in [-0.3, -0.25) is 9.69 Å². The summed E-state index contributed by atoms with van der Waals surface area (Å²) < 4.78 is 5.27. The van der Waals surface area contributed by atoms with Gasteiger partial charge in [0.1, 0.15) is 0 Å². The molecule has 5 heteroatoms. The van der Waals surface area contributed by atoms with E-state index in [4.69, 9.17) is 4.74 Å². The Morgan fingerprint density at radius 1 is 1.50 bits per heavy atom. The summed E-state index contributed by atoms with van der Waals surface area (Å²) in [6, 6.07) is 3.96. The number of rotatable bonds is 5. The van der Waals surface area contributed by atoms with Crippen LogP contribution in [-0.2, 0) is 9.53 Å². The van der Waals surface area contributed by atoms with Gasteiger partial charge < -0.3 is 10.1 Å². The second kappa shape index (κ2) is 7.31. The maximum absolute atomic E-state index is 11.5. The second-order valence-corrected chi connectivity index (χ2v) is 5.07. The Hall–Kier alpha value is -1.17. The Morgan fingerprint density at radius 2 is 2.33 bits per heavy atom. The van der Waals surface area contributed by atoms with Gasteiger partial charge in [0.05, 0.1) is 13.2 Å². The van der Waals surface area contributed by atoms with Crippen LogP contribution in [0.2, 0.25) is 0 Å². The topological polar surface area (TPSA) is 41.6 Å². The third kappa shape index (κ3) is 4.60. The molecule has 0 bridgehead atoms. The average Bonchev–Trinajstić information content (AvgIpc) is 2.91. The number of hydrogen-bond donors (Lipinski definition) is 1. The molecular weight excluding hydrogens is 248 g/mol. The fourth-order valence-corrected chi connectivity index (χ4v) is 2.38. The summed E-state index contributed by atoms with van der Waals surface area (Å²) in [5.74, 6) is -0.0309. The van der Waals surface area contributed by atoms with E-state index in [1.54, 1.807) is 17.4 Å². The molecule has 2 heterocycles. The second-order valence-electron chi connectivity index (χ2n) is 4.09. The minimum Gasteiger partial charge on any atom is -0.379 e. The van der Waals surface area contributed by atoms with E-state index in [1.807, 2.05) is 23.6 Å². The van der Waals surface area contributed by atoms with Crippen LogP contribution in [0.4, 0.5) is 0 Å². The number of ether oxygens (including phenoxy) is 1. The molecule has 18 heavy (non-hydrogen) atoms. The molecule has 1 aliphatic heterocycles. The first-order valence-corrected chi connectivity index (χ1v) is 7.02. The van der Waals surface area contributed by atoms with Crippen LogP contribution < -0.4 is 5.32 Å². The first-order valence-electron chi connectivity index (χ1n) is 6.14. The predicted octanol–water partition coefficient (Wildman–Crippen LogP) is 1.21. The SMILES string of the molecule is O=C(C=Cc1cccs1)NCCN1CCOCC1. The number of hydrogen-bond acceptors (Lipinski definition) is 4. The lowest BCUT2D eigenvalue weighted by Gasteiger charge is -2.26. The van der Waals surface area contributed by atoms with Gasteiger partial charge >= 0.3 is 0 Å². The third-order valence-corrected chi connectivity index (χ3v) is 3.61. The lowest BCUT2D eigenvalue weighted by Crippen LogP contribution is -2.41. The van der Waals surface area contributed by atoms with Crippen molar-refractivity contribution in [3.63, 3.8) is 0 Å². The van der Waals surface area contributed by atoms with Gasteiger partial charge in [0.2, 0.25) is 5.91 Å². The number of nitrogens with zero attached hydrogens (tertiary/aromatic N) is 1. The van der Waals surface area contributed by atoms with Crippen molar-refractivity contribution in [3.8, 4) is 0 Å². The van der Waals surface area contributed by atoms with Crippen LogP contribution >= 0.6 is 11.3 Å². The number of carbonyl (C=O) groups excluding carboxylic acids is 1. The maximum atomic E-state index is 11.5. The number of thiophene rings is 1. The summed E-state index contributed by atoms with van der Waals surface area (Å²) in [6.45, 7) is 5.09. The molecular formula is C13H18N2O2S. The van der Waals surface area contributed by atoms with Gasteiger partial charge in [0.25, 0.3) is 0 Å². The zero-order valence-corrected chi connectivity index (χ0v) is 11.1. The van der Waals surface area contributed by atoms with Crippen molar-refractivity contribution < 1.29 is 9.53 Å². The molecule has 0 radical (unpaired) electrons. The molecule has 0 saturated carbocycles. The highest BCUT2D eigenvalue weighted by Gasteiger charge is 2.09. The van der Waals surface area contributed by atoms with Crippen molar-refractivity contribution >= 4 is 23.3 Å². The van der Waals surface area contributed by atoms with Crippen molar-refractivity contribution in [2.24, 2.45) is 0 Å². The van der Waals surface area contributed by atoms with Gasteiger partial charge in [0.15, 0.2) is 0 Å². The van der Waals surface area contributed by atoms with Gasteiger partial charge in [0, 0.05) is 37.1 Å². The minimum atomic E-state index is -0.0309. The smallest absolute Gasteiger partial charge is 0.244 e. The quantitative estimate of drug-likeness (QED) is 0.815. The molecule has 1 aromatic heterocycles. The standard InChI is InChI=1S/C13H18N2O2S/c16-13(4-3-12-2-1-11-18-12)14-5-6-15-7-9-17-10-8-15/h1-4,11H,5-10H2,(H,14,16). The van der Waals surface area contributed by atoms with Crippen molar-refractivity contribution in [3.05, 3.63) is 28.5 Å². The van der Waals surface area contributed by atoms with Crippen LogP contribution in [0.25, 0.3) is 6.08 Å². The molecule has 0 atom stereocenters. The molecule has 98 valence electrons. The van der Waals surface area contributed by atoms with Crippen LogP contribution in [0.3, 0.4) is 0 Å². The summed E-state index contributed by atoms with van der Waals surface area (Å²) in [7, 11) is 0. The highest BCUT2D eigenvalue weighted by atomic mass is 32.1. The normalized spacial score (nSPS) is 17.1. The number of morpholine rings is 1. The number of nitrogens with one attached hydrogen (secondary N) is 1. The molecule has 1 N–H and O–H groups in total. The third-order valence-electron chi connectivity index (χ3n) is 2.77. The molecule has 1 saturated heterocycles. The molecule has 0 aliphatic carbocycles. The number of carbonyl (C=O) groups is 1. The van der Waals surface area contributed by atoms with Gasteiger partial charge in [-0.05, 0) is 17.5 Å². The molecule has 0 aromatic carbocycles. The first-order chi connectivity index (χ1) is 8.84. The first kappa shape index (κ1) is 13.3. The zero-order chi connectivity index (χ0) is 12.6. The van der Waals surface area contributed by atoms with Crippen molar-refractivity contribution in [1.29, 1.82) is 0 Å². The lowest BCUT2D eigenvalue weighted by molar-refractivity contribution is -0.116. The lowest BCUT2D eigenvalue weighted by atomic mass is 10.4. The van der Waals surface area contributed by atoms with E-state index in [-0.39, 0.29) is 5.91 Å². The number of amides is 1. The zero-order valence-electron chi connectivity index (χ0n) is 10.3. The van der Waals surface area contributed by atoms with Gasteiger partial charge in [-0.1, -0.05) is 6.07 Å². The van der Waals surface area contributed by atoms with Crippen LogP contribution in [0.15, 0.2) is 23.6 Å². The van der Waals surface area contributed by atoms with Gasteiger partial charge in [-0.15, -0.1) is 11.3 Å². The Labute approximate surface area is 111 Å². The van der Waals surface area contributed by atoms with Crippen molar-refractivity contribution in [1.82, 2.24) is 10.2 Å². The van der Waals surface area contributed by atoms with E-state index in [9.17, 15) is 4.79 Å². The summed E-state index contributed by atoms with van der Waals surface area (Å²) in [5.41, 5.74) is 0. The van der Waals surface area contributed by atoms with E-state index in [0.29, 0.717) is 6.54 Å². The van der Waals surface area contributed by atoms with Crippen LogP contribution in [0, 0.1) is 0 Å². The maximum Gasteiger partial charge on any atom is 0.244 e. The molecule has 1 amide bonds. The van der Waals surface area contributed by atoms with Crippen LogP contribution in [0.1, 0.15) is 4.88 Å². The van der Waals surface area contributed by atoms with Crippen molar-refractivity contribution in [2.45, 2.75) is 0 Å². The van der Waals surface area contributed by atoms with Crippen molar-refractivity contribution in [2.75, 3.05) is 39.4 Å². The molecule has 1 fully saturated rings. The molecule has 2 rings (SSSR count). The predicted molar refractivity (Wildman–Crippen MR) is 73.6 cm³/mol. The summed E-state index contributed by atoms with van der Waals surface area (Å²) in [4.78, 5) is 14.9. The van der Waals surface area contributed by atoms with Gasteiger partial charge in [-0.25, -0.2) is 0 Å². The van der Waals surface area contributed by atoms with E-state index >= 15 is 0 Å². The van der Waals surface area contributed by atoms with E-state index in [2.05, 4.69) is 10.2 Å². The van der Waals surface area contributed by atoms with E-state index < -0.39 is 0 Å². The molecule has 1 aliphatic rings. The van der Waals surface area contributed by atoms with E-state index in [1.165, 1.54) is 0 Å². The summed E-state index contributed by atoms with van der Waals surface area (Å²) >= 11 is 1.62. The van der Waals surface area contributed by atoms with Crippen LogP contribution in [0.5, 0.6) is 0 Å². The highest BCUT2D eigenvalue weighted by molar-refractivity contribution is 7.10. The van der Waals surface area contributed by atoms with E-state index in [0.717, 1.165) is 37.7 Å². The monoisotopic (exact) mass is 266 g/mol. The Balaban J connectivity index is 1.62. The fraction of sp³-hybridized carbons (Fsp3) is 0.462. The average molecular weight is 266 g/mol. The highest BCUT2D eigenvalue weighted by Crippen LogP contribution is 2.09. The Morgan fingerprint density at radius 3 is 3.06 bits per heavy atom. The molecule has 0 spiro atoms. The Bertz CT molecular complexity index is 384. The summed E-state index contributed by atoms with van der Waals surface area (Å²) in [6.07, 6.45) is 3.43. The largest absolute Gasteiger partial charge is 0.379 e. The van der Waals surface area contributed by atoms with Gasteiger partial charge in [-0.2, -0.15) is 0 Å². The van der Waals surface area contributed by atoms with Crippen LogP contribution in [-0.4, -0.2) is 50.2 Å². The molecule has 1 aromatic rings. The molecule has 4 nitrogen and oxygen atoms in total.